The highest BCUT2D eigenvalue weighted by Crippen LogP contribution is 2.36. The molecule has 140 valence electrons. The van der Waals surface area contributed by atoms with Crippen molar-refractivity contribution in [2.45, 2.75) is 38.1 Å². The molecule has 1 aromatic rings. The molecule has 0 radical (unpaired) electrons. The summed E-state index contributed by atoms with van der Waals surface area (Å²) in [7, 11) is 1.58. The van der Waals surface area contributed by atoms with Gasteiger partial charge in [0.05, 0.1) is 7.11 Å². The molecule has 1 aliphatic carbocycles. The number of methoxy groups -OCH3 is 1. The van der Waals surface area contributed by atoms with Gasteiger partial charge in [0.15, 0.2) is 0 Å². The van der Waals surface area contributed by atoms with Crippen LogP contribution in [-0.2, 0) is 11.2 Å². The summed E-state index contributed by atoms with van der Waals surface area (Å²) < 4.78 is 5.19. The molecule has 0 aromatic heterocycles. The Morgan fingerprint density at radius 1 is 1.31 bits per heavy atom. The first-order valence-electron chi connectivity index (χ1n) is 9.18. The van der Waals surface area contributed by atoms with E-state index in [1.165, 1.54) is 5.71 Å². The lowest BCUT2D eigenvalue weighted by Crippen LogP contribution is -2.43. The summed E-state index contributed by atoms with van der Waals surface area (Å²) in [6.45, 7) is 1.74. The van der Waals surface area contributed by atoms with Gasteiger partial charge in [-0.3, -0.25) is 4.79 Å². The van der Waals surface area contributed by atoms with Crippen molar-refractivity contribution in [3.63, 3.8) is 0 Å². The second-order valence-corrected chi connectivity index (χ2v) is 8.20. The molecular weight excluding hydrogens is 373 g/mol. The fourth-order valence-electron chi connectivity index (χ4n) is 4.44. The molecular formula is C19H23Cl2N3O2. The number of hydrogen-bond acceptors (Lipinski definition) is 4. The van der Waals surface area contributed by atoms with Gasteiger partial charge >= 0.3 is 0 Å². The molecule has 3 aliphatic rings. The Hall–Kier alpha value is -1.46. The van der Waals surface area contributed by atoms with Crippen molar-refractivity contribution in [3.05, 3.63) is 27.7 Å². The maximum atomic E-state index is 13.0. The van der Waals surface area contributed by atoms with Crippen molar-refractivity contribution in [1.82, 2.24) is 10.3 Å². The molecule has 3 atom stereocenters. The molecule has 2 fully saturated rings. The number of nitrogens with zero attached hydrogens (tertiary/aromatic N) is 2. The Morgan fingerprint density at radius 2 is 2.08 bits per heavy atom. The fourth-order valence-corrected chi connectivity index (χ4v) is 5.07. The monoisotopic (exact) mass is 395 g/mol. The first kappa shape index (κ1) is 17.9. The van der Waals surface area contributed by atoms with E-state index in [0.717, 1.165) is 44.3 Å². The van der Waals surface area contributed by atoms with E-state index < -0.39 is 0 Å². The molecule has 2 aliphatic heterocycles. The van der Waals surface area contributed by atoms with E-state index >= 15 is 0 Å². The van der Waals surface area contributed by atoms with Crippen LogP contribution in [0.1, 0.15) is 31.2 Å². The first-order valence-corrected chi connectivity index (χ1v) is 9.94. The second kappa shape index (κ2) is 7.28. The minimum absolute atomic E-state index is 0.0461. The molecule has 1 amide bonds. The number of benzene rings is 1. The highest BCUT2D eigenvalue weighted by molar-refractivity contribution is 6.36. The normalized spacial score (nSPS) is 28.0. The molecule has 26 heavy (non-hydrogen) atoms. The number of carbonyl (C=O) groups excluding carboxylic acids is 1. The Labute approximate surface area is 163 Å². The van der Waals surface area contributed by atoms with Gasteiger partial charge in [-0.2, -0.15) is 5.10 Å². The predicted octanol–water partition coefficient (Wildman–Crippen LogP) is 3.52. The van der Waals surface area contributed by atoms with Crippen LogP contribution >= 0.6 is 23.2 Å². The van der Waals surface area contributed by atoms with Gasteiger partial charge in [0.1, 0.15) is 5.75 Å². The third-order valence-electron chi connectivity index (χ3n) is 5.91. The third kappa shape index (κ3) is 3.27. The zero-order valence-electron chi connectivity index (χ0n) is 14.8. The molecule has 7 heteroatoms. The fraction of sp³-hybridized carbons (Fsp3) is 0.579. The summed E-state index contributed by atoms with van der Waals surface area (Å²) in [5.41, 5.74) is 5.21. The van der Waals surface area contributed by atoms with E-state index in [1.54, 1.807) is 19.2 Å². The number of carbonyl (C=O) groups is 1. The van der Waals surface area contributed by atoms with Crippen LogP contribution in [0.25, 0.3) is 0 Å². The van der Waals surface area contributed by atoms with Gasteiger partial charge < -0.3 is 15.1 Å². The van der Waals surface area contributed by atoms with Gasteiger partial charge in [-0.15, -0.1) is 0 Å². The van der Waals surface area contributed by atoms with E-state index in [2.05, 4.69) is 15.4 Å². The van der Waals surface area contributed by atoms with E-state index in [-0.39, 0.29) is 11.8 Å². The van der Waals surface area contributed by atoms with E-state index in [4.69, 9.17) is 27.9 Å². The van der Waals surface area contributed by atoms with E-state index in [1.807, 2.05) is 0 Å². The van der Waals surface area contributed by atoms with Gasteiger partial charge in [-0.25, -0.2) is 0 Å². The topological polar surface area (TPSA) is 53.9 Å². The van der Waals surface area contributed by atoms with Gasteiger partial charge in [0, 0.05) is 46.7 Å². The zero-order chi connectivity index (χ0) is 18.3. The van der Waals surface area contributed by atoms with Crippen LogP contribution in [0.4, 0.5) is 0 Å². The van der Waals surface area contributed by atoms with E-state index in [9.17, 15) is 4.79 Å². The summed E-state index contributed by atoms with van der Waals surface area (Å²) in [6, 6.07) is 3.85. The smallest absolute Gasteiger partial charge is 0.226 e. The summed E-state index contributed by atoms with van der Waals surface area (Å²) in [5.74, 6) is 1.32. The Morgan fingerprint density at radius 3 is 2.81 bits per heavy atom. The number of amides is 1. The van der Waals surface area contributed by atoms with Gasteiger partial charge in [-0.05, 0) is 49.8 Å². The highest BCUT2D eigenvalue weighted by atomic mass is 35.5. The standard InChI is InChI=1S/C19H23Cl2N3O2/c1-26-14-8-16(20)15(17(21)9-14)7-11-4-5-24(19(11)25)13-2-3-18-12(6-13)10-22-23-18/h8-9,11-13,22H,2-7,10H2,1H3. The van der Waals surface area contributed by atoms with Crippen molar-refractivity contribution in [2.24, 2.45) is 16.9 Å². The average molecular weight is 396 g/mol. The molecule has 1 saturated heterocycles. The molecule has 1 aromatic carbocycles. The molecule has 4 rings (SSSR count). The summed E-state index contributed by atoms with van der Waals surface area (Å²) in [5, 5.41) is 5.50. The van der Waals surface area contributed by atoms with E-state index in [0.29, 0.717) is 34.2 Å². The molecule has 0 bridgehead atoms. The van der Waals surface area contributed by atoms with Crippen LogP contribution < -0.4 is 10.2 Å². The number of rotatable bonds is 4. The van der Waals surface area contributed by atoms with Crippen LogP contribution in [-0.4, -0.2) is 42.8 Å². The van der Waals surface area contributed by atoms with Crippen molar-refractivity contribution < 1.29 is 9.53 Å². The van der Waals surface area contributed by atoms with Gasteiger partial charge in [-0.1, -0.05) is 23.2 Å². The van der Waals surface area contributed by atoms with Crippen molar-refractivity contribution >= 4 is 34.8 Å². The van der Waals surface area contributed by atoms with Crippen molar-refractivity contribution in [1.29, 1.82) is 0 Å². The number of likely N-dealkylation sites (tertiary alicyclic amines) is 1. The maximum absolute atomic E-state index is 13.0. The van der Waals surface area contributed by atoms with Gasteiger partial charge in [0.25, 0.3) is 0 Å². The number of fused-ring (bicyclic) bond motifs is 1. The molecule has 5 nitrogen and oxygen atoms in total. The van der Waals surface area contributed by atoms with Gasteiger partial charge in [0.2, 0.25) is 5.91 Å². The van der Waals surface area contributed by atoms with Crippen LogP contribution in [0, 0.1) is 11.8 Å². The lowest BCUT2D eigenvalue weighted by atomic mass is 9.84. The van der Waals surface area contributed by atoms with Crippen LogP contribution in [0.5, 0.6) is 5.75 Å². The number of hydrazone groups is 1. The predicted molar refractivity (Wildman–Crippen MR) is 103 cm³/mol. The lowest BCUT2D eigenvalue weighted by molar-refractivity contribution is -0.133. The molecule has 3 unspecified atom stereocenters. The van der Waals surface area contributed by atoms with Crippen molar-refractivity contribution in [3.8, 4) is 5.75 Å². The largest absolute Gasteiger partial charge is 0.497 e. The quantitative estimate of drug-likeness (QED) is 0.848. The minimum atomic E-state index is -0.0461. The molecule has 1 N–H and O–H groups in total. The third-order valence-corrected chi connectivity index (χ3v) is 6.59. The number of halogens is 2. The Bertz CT molecular complexity index is 729. The minimum Gasteiger partial charge on any atom is -0.497 e. The SMILES string of the molecule is COc1cc(Cl)c(CC2CCN(C3CCC4=NNCC4C3)C2=O)c(Cl)c1. The molecule has 2 heterocycles. The second-order valence-electron chi connectivity index (χ2n) is 7.38. The number of hydrogen-bond donors (Lipinski definition) is 1. The Balaban J connectivity index is 1.44. The molecule has 1 saturated carbocycles. The average Bonchev–Trinajstić information content (AvgIpc) is 3.23. The summed E-state index contributed by atoms with van der Waals surface area (Å²) >= 11 is 12.8. The summed E-state index contributed by atoms with van der Waals surface area (Å²) in [6.07, 6.45) is 4.47. The molecule has 0 spiro atoms. The first-order chi connectivity index (χ1) is 12.6. The zero-order valence-corrected chi connectivity index (χ0v) is 16.3. The number of ether oxygens (including phenoxy) is 1. The highest BCUT2D eigenvalue weighted by Gasteiger charge is 2.40. The van der Waals surface area contributed by atoms with Crippen molar-refractivity contribution in [2.75, 3.05) is 20.2 Å². The van der Waals surface area contributed by atoms with Crippen LogP contribution in [0.3, 0.4) is 0 Å². The van der Waals surface area contributed by atoms with Crippen LogP contribution in [0.15, 0.2) is 17.2 Å². The Kier molecular flexibility index (Phi) is 5.02. The lowest BCUT2D eigenvalue weighted by Gasteiger charge is -2.34. The number of nitrogens with one attached hydrogen (secondary N) is 1. The summed E-state index contributed by atoms with van der Waals surface area (Å²) in [4.78, 5) is 15.1. The van der Waals surface area contributed by atoms with Crippen LogP contribution in [0.2, 0.25) is 10.0 Å². The maximum Gasteiger partial charge on any atom is 0.226 e.